The first-order chi connectivity index (χ1) is 10.2. The van der Waals surface area contributed by atoms with E-state index in [-0.39, 0.29) is 12.3 Å². The molecule has 4 nitrogen and oxygen atoms in total. The largest absolute Gasteiger partial charge is 0.496 e. The monoisotopic (exact) mass is 281 g/mol. The van der Waals surface area contributed by atoms with Gasteiger partial charge in [0.2, 0.25) is 0 Å². The SMILES string of the molecule is C=Cc1cccc(COC=Cc2ccccc2)c1[N+](=O)[O-]. The first kappa shape index (κ1) is 14.5. The fourth-order valence-electron chi connectivity index (χ4n) is 1.94. The summed E-state index contributed by atoms with van der Waals surface area (Å²) in [6, 6.07) is 14.8. The van der Waals surface area contributed by atoms with Crippen LogP contribution in [0.15, 0.2) is 61.4 Å². The van der Waals surface area contributed by atoms with Gasteiger partial charge in [0.25, 0.3) is 5.69 Å². The van der Waals surface area contributed by atoms with E-state index < -0.39 is 4.92 Å². The van der Waals surface area contributed by atoms with Crippen LogP contribution in [-0.2, 0) is 11.3 Å². The lowest BCUT2D eigenvalue weighted by atomic mass is 10.1. The minimum Gasteiger partial charge on any atom is -0.496 e. The predicted octanol–water partition coefficient (Wildman–Crippen LogP) is 4.43. The number of nitro groups is 1. The molecule has 2 aromatic rings. The Balaban J connectivity index is 2.08. The van der Waals surface area contributed by atoms with Crippen molar-refractivity contribution in [2.75, 3.05) is 0 Å². The lowest BCUT2D eigenvalue weighted by Crippen LogP contribution is -1.98. The molecule has 4 heteroatoms. The lowest BCUT2D eigenvalue weighted by molar-refractivity contribution is -0.386. The molecule has 0 aliphatic heterocycles. The third-order valence-corrected chi connectivity index (χ3v) is 2.95. The van der Waals surface area contributed by atoms with Gasteiger partial charge in [-0.05, 0) is 23.8 Å². The van der Waals surface area contributed by atoms with E-state index in [1.807, 2.05) is 36.4 Å². The van der Waals surface area contributed by atoms with E-state index in [9.17, 15) is 10.1 Å². The highest BCUT2D eigenvalue weighted by Crippen LogP contribution is 2.25. The van der Waals surface area contributed by atoms with Crippen LogP contribution in [0.5, 0.6) is 0 Å². The van der Waals surface area contributed by atoms with Gasteiger partial charge in [-0.15, -0.1) is 0 Å². The lowest BCUT2D eigenvalue weighted by Gasteiger charge is -2.05. The number of ether oxygens (including phenoxy) is 1. The Morgan fingerprint density at radius 2 is 1.90 bits per heavy atom. The van der Waals surface area contributed by atoms with Crippen molar-refractivity contribution in [1.82, 2.24) is 0 Å². The summed E-state index contributed by atoms with van der Waals surface area (Å²) >= 11 is 0. The van der Waals surface area contributed by atoms with Gasteiger partial charge < -0.3 is 4.74 Å². The second-order valence-electron chi connectivity index (χ2n) is 4.34. The van der Waals surface area contributed by atoms with Crippen LogP contribution in [0, 0.1) is 10.1 Å². The summed E-state index contributed by atoms with van der Waals surface area (Å²) < 4.78 is 5.39. The summed E-state index contributed by atoms with van der Waals surface area (Å²) in [6.45, 7) is 3.73. The molecule has 2 rings (SSSR count). The van der Waals surface area contributed by atoms with Crippen LogP contribution in [0.1, 0.15) is 16.7 Å². The number of nitro benzene ring substituents is 1. The van der Waals surface area contributed by atoms with E-state index in [1.54, 1.807) is 24.5 Å². The molecule has 0 amide bonds. The number of para-hydroxylation sites is 1. The second-order valence-corrected chi connectivity index (χ2v) is 4.34. The molecule has 0 aromatic heterocycles. The Bertz CT molecular complexity index is 663. The number of hydrogen-bond donors (Lipinski definition) is 0. The van der Waals surface area contributed by atoms with Gasteiger partial charge in [-0.25, -0.2) is 0 Å². The summed E-state index contributed by atoms with van der Waals surface area (Å²) in [7, 11) is 0. The molecule has 0 aliphatic rings. The molecule has 0 heterocycles. The summed E-state index contributed by atoms with van der Waals surface area (Å²) in [5.41, 5.74) is 2.07. The molecule has 0 saturated carbocycles. The van der Waals surface area contributed by atoms with E-state index in [4.69, 9.17) is 4.74 Å². The minimum absolute atomic E-state index is 0.0422. The molecular weight excluding hydrogens is 266 g/mol. The number of nitrogens with zero attached hydrogens (tertiary/aromatic N) is 1. The average molecular weight is 281 g/mol. The highest BCUT2D eigenvalue weighted by atomic mass is 16.6. The Kier molecular flexibility index (Phi) is 4.88. The highest BCUT2D eigenvalue weighted by Gasteiger charge is 2.17. The quantitative estimate of drug-likeness (QED) is 0.447. The second kappa shape index (κ2) is 7.05. The summed E-state index contributed by atoms with van der Waals surface area (Å²) in [5, 5.41) is 11.1. The van der Waals surface area contributed by atoms with Crippen molar-refractivity contribution in [3.05, 3.63) is 88.2 Å². The molecule has 106 valence electrons. The molecule has 0 radical (unpaired) electrons. The van der Waals surface area contributed by atoms with Crippen LogP contribution in [-0.4, -0.2) is 4.92 Å². The van der Waals surface area contributed by atoms with Crippen LogP contribution in [0.3, 0.4) is 0 Å². The third kappa shape index (κ3) is 3.79. The fraction of sp³-hybridized carbons (Fsp3) is 0.0588. The molecule has 0 atom stereocenters. The van der Waals surface area contributed by atoms with Crippen LogP contribution >= 0.6 is 0 Å². The van der Waals surface area contributed by atoms with E-state index in [0.717, 1.165) is 5.56 Å². The van der Waals surface area contributed by atoms with Crippen molar-refractivity contribution >= 4 is 17.8 Å². The van der Waals surface area contributed by atoms with Crippen molar-refractivity contribution in [2.24, 2.45) is 0 Å². The Hall–Kier alpha value is -2.88. The van der Waals surface area contributed by atoms with Crippen molar-refractivity contribution in [1.29, 1.82) is 0 Å². The van der Waals surface area contributed by atoms with E-state index >= 15 is 0 Å². The standard InChI is InChI=1S/C17H15NO3/c1-2-15-9-6-10-16(17(15)18(19)20)13-21-12-11-14-7-4-3-5-8-14/h2-12H,1,13H2. The maximum atomic E-state index is 11.1. The molecule has 21 heavy (non-hydrogen) atoms. The first-order valence-corrected chi connectivity index (χ1v) is 6.44. The Labute approximate surface area is 123 Å². The van der Waals surface area contributed by atoms with Gasteiger partial charge in [0.05, 0.1) is 22.3 Å². The molecule has 0 fully saturated rings. The average Bonchev–Trinajstić information content (AvgIpc) is 2.52. The smallest absolute Gasteiger partial charge is 0.283 e. The van der Waals surface area contributed by atoms with E-state index in [0.29, 0.717) is 11.1 Å². The fourth-order valence-corrected chi connectivity index (χ4v) is 1.94. The first-order valence-electron chi connectivity index (χ1n) is 6.44. The van der Waals surface area contributed by atoms with Crippen molar-refractivity contribution < 1.29 is 9.66 Å². The number of hydrogen-bond acceptors (Lipinski definition) is 3. The minimum atomic E-state index is -0.406. The highest BCUT2D eigenvalue weighted by molar-refractivity contribution is 5.62. The predicted molar refractivity (Wildman–Crippen MR) is 83.5 cm³/mol. The zero-order valence-corrected chi connectivity index (χ0v) is 11.4. The Morgan fingerprint density at radius 1 is 1.14 bits per heavy atom. The van der Waals surface area contributed by atoms with Crippen LogP contribution in [0.4, 0.5) is 5.69 Å². The van der Waals surface area contributed by atoms with Gasteiger partial charge in [0.1, 0.15) is 6.61 Å². The molecule has 0 unspecified atom stereocenters. The van der Waals surface area contributed by atoms with E-state index in [1.165, 1.54) is 6.08 Å². The molecule has 0 spiro atoms. The molecule has 2 aromatic carbocycles. The van der Waals surface area contributed by atoms with Crippen molar-refractivity contribution in [2.45, 2.75) is 6.61 Å². The molecule has 0 bridgehead atoms. The van der Waals surface area contributed by atoms with Crippen molar-refractivity contribution in [3.8, 4) is 0 Å². The number of benzene rings is 2. The third-order valence-electron chi connectivity index (χ3n) is 2.95. The summed E-state index contributed by atoms with van der Waals surface area (Å²) in [6.07, 6.45) is 4.82. The number of rotatable bonds is 6. The summed E-state index contributed by atoms with van der Waals surface area (Å²) in [5.74, 6) is 0. The Morgan fingerprint density at radius 3 is 2.57 bits per heavy atom. The van der Waals surface area contributed by atoms with Crippen LogP contribution in [0.25, 0.3) is 12.2 Å². The van der Waals surface area contributed by atoms with Gasteiger partial charge in [0.15, 0.2) is 0 Å². The maximum Gasteiger partial charge on any atom is 0.283 e. The summed E-state index contributed by atoms with van der Waals surface area (Å²) in [4.78, 5) is 10.7. The van der Waals surface area contributed by atoms with Gasteiger partial charge in [-0.1, -0.05) is 49.1 Å². The normalized spacial score (nSPS) is 10.5. The molecule has 0 aliphatic carbocycles. The maximum absolute atomic E-state index is 11.1. The topological polar surface area (TPSA) is 52.4 Å². The molecular formula is C17H15NO3. The zero-order valence-electron chi connectivity index (χ0n) is 11.4. The van der Waals surface area contributed by atoms with Gasteiger partial charge in [-0.2, -0.15) is 0 Å². The zero-order chi connectivity index (χ0) is 15.1. The van der Waals surface area contributed by atoms with Crippen LogP contribution in [0.2, 0.25) is 0 Å². The van der Waals surface area contributed by atoms with Crippen LogP contribution < -0.4 is 0 Å². The van der Waals surface area contributed by atoms with E-state index in [2.05, 4.69) is 6.58 Å². The van der Waals surface area contributed by atoms with Gasteiger partial charge >= 0.3 is 0 Å². The van der Waals surface area contributed by atoms with Gasteiger partial charge in [0, 0.05) is 0 Å². The molecule has 0 N–H and O–H groups in total. The van der Waals surface area contributed by atoms with Crippen molar-refractivity contribution in [3.63, 3.8) is 0 Å². The van der Waals surface area contributed by atoms with Gasteiger partial charge in [-0.3, -0.25) is 10.1 Å². The molecule has 0 saturated heterocycles.